The molecule has 2 aliphatic heterocycles. The summed E-state index contributed by atoms with van der Waals surface area (Å²) in [5.41, 5.74) is 3.11. The minimum Gasteiger partial charge on any atom is -0.474 e. The molecule has 0 atom stereocenters. The highest BCUT2D eigenvalue weighted by molar-refractivity contribution is 6.31. The highest BCUT2D eigenvalue weighted by Gasteiger charge is 2.28. The zero-order valence-electron chi connectivity index (χ0n) is 17.7. The van der Waals surface area contributed by atoms with Gasteiger partial charge in [-0.15, -0.1) is 0 Å². The number of piperidine rings is 1. The zero-order valence-corrected chi connectivity index (χ0v) is 18.5. The zero-order chi connectivity index (χ0) is 21.2. The standard InChI is InChI=1S/C24H29ClN4O2/c25-22-3-1-2-19-15-29(16-21(19)22)24(30)27-13-18-6-7-23(26-12-18)31-20-8-10-28(11-9-20)14-17-4-5-17/h1-3,6-7,12,17,20H,4-5,8-11,13-16H2,(H,27,30). The Morgan fingerprint density at radius 1 is 1.13 bits per heavy atom. The summed E-state index contributed by atoms with van der Waals surface area (Å²) in [7, 11) is 0. The number of fused-ring (bicyclic) bond motifs is 1. The number of ether oxygens (including phenoxy) is 1. The Kier molecular flexibility index (Phi) is 6.01. The van der Waals surface area contributed by atoms with Crippen LogP contribution >= 0.6 is 11.6 Å². The summed E-state index contributed by atoms with van der Waals surface area (Å²) in [6, 6.07) is 9.60. The first kappa shape index (κ1) is 20.6. The number of hydrogen-bond donors (Lipinski definition) is 1. The van der Waals surface area contributed by atoms with Crippen molar-refractivity contribution in [1.29, 1.82) is 0 Å². The number of aromatic nitrogens is 1. The number of hydrogen-bond acceptors (Lipinski definition) is 4. The molecule has 31 heavy (non-hydrogen) atoms. The van der Waals surface area contributed by atoms with E-state index >= 15 is 0 Å². The molecular weight excluding hydrogens is 412 g/mol. The molecular formula is C24H29ClN4O2. The Morgan fingerprint density at radius 2 is 1.97 bits per heavy atom. The van der Waals surface area contributed by atoms with Crippen molar-refractivity contribution in [3.63, 3.8) is 0 Å². The van der Waals surface area contributed by atoms with Crippen molar-refractivity contribution in [2.24, 2.45) is 5.92 Å². The second-order valence-electron chi connectivity index (χ2n) is 8.96. The van der Waals surface area contributed by atoms with Crippen LogP contribution < -0.4 is 10.1 Å². The summed E-state index contributed by atoms with van der Waals surface area (Å²) in [6.45, 7) is 5.08. The van der Waals surface area contributed by atoms with Gasteiger partial charge in [-0.25, -0.2) is 9.78 Å². The third-order valence-corrected chi connectivity index (χ3v) is 6.84. The number of halogens is 1. The lowest BCUT2D eigenvalue weighted by Gasteiger charge is -2.31. The van der Waals surface area contributed by atoms with Crippen LogP contribution in [0.4, 0.5) is 4.79 Å². The average molecular weight is 441 g/mol. The van der Waals surface area contributed by atoms with Crippen LogP contribution in [0.2, 0.25) is 5.02 Å². The molecule has 0 bridgehead atoms. The third kappa shape index (κ3) is 5.13. The van der Waals surface area contributed by atoms with Crippen molar-refractivity contribution in [3.05, 3.63) is 58.2 Å². The molecule has 1 aromatic carbocycles. The Bertz CT molecular complexity index is 924. The molecule has 2 fully saturated rings. The Balaban J connectivity index is 1.06. The molecule has 6 nitrogen and oxygen atoms in total. The predicted molar refractivity (Wildman–Crippen MR) is 120 cm³/mol. The van der Waals surface area contributed by atoms with Gasteiger partial charge in [0, 0.05) is 56.6 Å². The van der Waals surface area contributed by atoms with E-state index in [-0.39, 0.29) is 12.1 Å². The minimum atomic E-state index is -0.0921. The first-order valence-electron chi connectivity index (χ1n) is 11.3. The van der Waals surface area contributed by atoms with E-state index in [9.17, 15) is 4.79 Å². The Hall–Kier alpha value is -2.31. The SMILES string of the molecule is O=C(NCc1ccc(OC2CCN(CC3CC3)CC2)nc1)N1Cc2cccc(Cl)c2C1. The van der Waals surface area contributed by atoms with E-state index in [1.165, 1.54) is 19.4 Å². The van der Waals surface area contributed by atoms with Crippen LogP contribution in [-0.2, 0) is 19.6 Å². The first-order valence-corrected chi connectivity index (χ1v) is 11.6. The molecule has 1 N–H and O–H groups in total. The monoisotopic (exact) mass is 440 g/mol. The summed E-state index contributed by atoms with van der Waals surface area (Å²) in [5.74, 6) is 1.62. The second kappa shape index (κ2) is 9.05. The fourth-order valence-electron chi connectivity index (χ4n) is 4.45. The van der Waals surface area contributed by atoms with Crippen LogP contribution in [0.1, 0.15) is 42.4 Å². The van der Waals surface area contributed by atoms with Crippen molar-refractivity contribution < 1.29 is 9.53 Å². The molecule has 5 rings (SSSR count). The third-order valence-electron chi connectivity index (χ3n) is 6.49. The molecule has 0 radical (unpaired) electrons. The average Bonchev–Trinajstić information content (AvgIpc) is 3.48. The van der Waals surface area contributed by atoms with Crippen LogP contribution in [-0.4, -0.2) is 46.6 Å². The van der Waals surface area contributed by atoms with Crippen molar-refractivity contribution >= 4 is 17.6 Å². The van der Waals surface area contributed by atoms with Crippen LogP contribution in [0, 0.1) is 5.92 Å². The van der Waals surface area contributed by atoms with Crippen molar-refractivity contribution in [3.8, 4) is 5.88 Å². The smallest absolute Gasteiger partial charge is 0.318 e. The van der Waals surface area contributed by atoms with Gasteiger partial charge in [-0.3, -0.25) is 0 Å². The van der Waals surface area contributed by atoms with Gasteiger partial charge in [-0.05, 0) is 54.4 Å². The fraction of sp³-hybridized carbons (Fsp3) is 0.500. The molecule has 0 spiro atoms. The lowest BCUT2D eigenvalue weighted by atomic mass is 10.1. The number of carbonyl (C=O) groups excluding carboxylic acids is 1. The lowest BCUT2D eigenvalue weighted by Crippen LogP contribution is -2.39. The number of carbonyl (C=O) groups is 1. The molecule has 1 aromatic heterocycles. The molecule has 0 unspecified atom stereocenters. The molecule has 1 aliphatic carbocycles. The van der Waals surface area contributed by atoms with E-state index in [0.717, 1.165) is 53.6 Å². The van der Waals surface area contributed by atoms with Gasteiger partial charge in [0.15, 0.2) is 0 Å². The highest BCUT2D eigenvalue weighted by atomic mass is 35.5. The maximum atomic E-state index is 12.5. The Morgan fingerprint density at radius 3 is 2.68 bits per heavy atom. The van der Waals surface area contributed by atoms with Crippen molar-refractivity contribution in [1.82, 2.24) is 20.1 Å². The molecule has 1 saturated heterocycles. The predicted octanol–water partition coefficient (Wildman–Crippen LogP) is 4.21. The number of likely N-dealkylation sites (tertiary alicyclic amines) is 1. The summed E-state index contributed by atoms with van der Waals surface area (Å²) in [4.78, 5) is 21.3. The van der Waals surface area contributed by atoms with Gasteiger partial charge in [-0.1, -0.05) is 29.8 Å². The quantitative estimate of drug-likeness (QED) is 0.730. The molecule has 3 heterocycles. The number of benzene rings is 1. The second-order valence-corrected chi connectivity index (χ2v) is 9.37. The van der Waals surface area contributed by atoms with Crippen molar-refractivity contribution in [2.75, 3.05) is 19.6 Å². The fourth-order valence-corrected chi connectivity index (χ4v) is 4.70. The van der Waals surface area contributed by atoms with Gasteiger partial charge in [0.25, 0.3) is 0 Å². The number of rotatable bonds is 6. The lowest BCUT2D eigenvalue weighted by molar-refractivity contribution is 0.0944. The first-order chi connectivity index (χ1) is 15.1. The van der Waals surface area contributed by atoms with Gasteiger partial charge in [0.1, 0.15) is 6.10 Å². The summed E-state index contributed by atoms with van der Waals surface area (Å²) >= 11 is 6.25. The molecule has 3 aliphatic rings. The Labute approximate surface area is 188 Å². The van der Waals surface area contributed by atoms with Crippen LogP contribution in [0.15, 0.2) is 36.5 Å². The number of nitrogens with zero attached hydrogens (tertiary/aromatic N) is 3. The normalized spacial score (nSPS) is 19.3. The molecule has 164 valence electrons. The van der Waals surface area contributed by atoms with E-state index in [1.807, 2.05) is 30.3 Å². The molecule has 1 saturated carbocycles. The molecule has 2 amide bonds. The van der Waals surface area contributed by atoms with E-state index < -0.39 is 0 Å². The van der Waals surface area contributed by atoms with Crippen molar-refractivity contribution in [2.45, 2.75) is 51.4 Å². The maximum Gasteiger partial charge on any atom is 0.318 e. The number of urea groups is 1. The summed E-state index contributed by atoms with van der Waals surface area (Å²) in [5, 5.41) is 3.70. The maximum absolute atomic E-state index is 12.5. The topological polar surface area (TPSA) is 57.7 Å². The van der Waals surface area contributed by atoms with Crippen LogP contribution in [0.25, 0.3) is 0 Å². The van der Waals surface area contributed by atoms with E-state index in [4.69, 9.17) is 16.3 Å². The minimum absolute atomic E-state index is 0.0921. The van der Waals surface area contributed by atoms with Gasteiger partial charge in [-0.2, -0.15) is 0 Å². The van der Waals surface area contributed by atoms with Gasteiger partial charge in [0.05, 0.1) is 0 Å². The summed E-state index contributed by atoms with van der Waals surface area (Å²) in [6.07, 6.45) is 6.98. The van der Waals surface area contributed by atoms with E-state index in [1.54, 1.807) is 11.1 Å². The molecule has 2 aromatic rings. The summed E-state index contributed by atoms with van der Waals surface area (Å²) < 4.78 is 6.09. The van der Waals surface area contributed by atoms with Gasteiger partial charge < -0.3 is 19.9 Å². The van der Waals surface area contributed by atoms with E-state index in [2.05, 4.69) is 15.2 Å². The number of amides is 2. The van der Waals surface area contributed by atoms with Gasteiger partial charge in [0.2, 0.25) is 5.88 Å². The van der Waals surface area contributed by atoms with Crippen LogP contribution in [0.3, 0.4) is 0 Å². The van der Waals surface area contributed by atoms with E-state index in [0.29, 0.717) is 25.5 Å². The largest absolute Gasteiger partial charge is 0.474 e. The van der Waals surface area contributed by atoms with Crippen LogP contribution in [0.5, 0.6) is 5.88 Å². The molecule has 7 heteroatoms. The van der Waals surface area contributed by atoms with Gasteiger partial charge >= 0.3 is 6.03 Å². The number of nitrogens with one attached hydrogen (secondary N) is 1. The highest BCUT2D eigenvalue weighted by Crippen LogP contribution is 2.31. The number of pyridine rings is 1.